The van der Waals surface area contributed by atoms with Crippen LogP contribution >= 0.6 is 0 Å². The zero-order valence-corrected chi connectivity index (χ0v) is 5.51. The topological polar surface area (TPSA) is 26.0 Å². The van der Waals surface area contributed by atoms with Crippen LogP contribution in [0.15, 0.2) is 23.8 Å². The van der Waals surface area contributed by atoms with Crippen LogP contribution < -0.4 is 5.73 Å². The molecule has 0 spiro atoms. The molecule has 0 aliphatic heterocycles. The molecule has 9 heavy (non-hydrogen) atoms. The van der Waals surface area contributed by atoms with Crippen molar-refractivity contribution >= 4 is 0 Å². The van der Waals surface area contributed by atoms with Crippen LogP contribution in [0.4, 0.5) is 0 Å². The van der Waals surface area contributed by atoms with Gasteiger partial charge in [-0.05, 0) is 25.8 Å². The van der Waals surface area contributed by atoms with Crippen molar-refractivity contribution in [3.05, 3.63) is 30.2 Å². The Balaban J connectivity index is 2.38. The zero-order valence-electron chi connectivity index (χ0n) is 5.51. The van der Waals surface area contributed by atoms with E-state index in [1.807, 2.05) is 0 Å². The van der Waals surface area contributed by atoms with Crippen molar-refractivity contribution in [2.75, 3.05) is 6.54 Å². The molecule has 1 radical (unpaired) electrons. The average molecular weight is 122 g/mol. The van der Waals surface area contributed by atoms with Crippen molar-refractivity contribution in [3.63, 3.8) is 0 Å². The standard InChI is InChI=1S/C8H12N/c9-7-6-8-4-2-1-3-5-8/h2-5H,1,6-7,9H2. The predicted molar refractivity (Wildman–Crippen MR) is 39.8 cm³/mol. The molecule has 1 rings (SSSR count). The Morgan fingerprint density at radius 1 is 1.56 bits per heavy atom. The highest BCUT2D eigenvalue weighted by Gasteiger charge is 1.93. The summed E-state index contributed by atoms with van der Waals surface area (Å²) in [6.07, 6.45) is 10.7. The molecular weight excluding hydrogens is 110 g/mol. The summed E-state index contributed by atoms with van der Waals surface area (Å²) >= 11 is 0. The van der Waals surface area contributed by atoms with E-state index in [1.165, 1.54) is 5.57 Å². The van der Waals surface area contributed by atoms with Gasteiger partial charge in [0.1, 0.15) is 0 Å². The van der Waals surface area contributed by atoms with Crippen LogP contribution in [0, 0.1) is 6.42 Å². The summed E-state index contributed by atoms with van der Waals surface area (Å²) in [6.45, 7) is 0.754. The smallest absolute Gasteiger partial charge is 0.00368 e. The maximum absolute atomic E-state index is 5.37. The van der Waals surface area contributed by atoms with E-state index in [4.69, 9.17) is 5.73 Å². The third-order valence-corrected chi connectivity index (χ3v) is 1.37. The Morgan fingerprint density at radius 3 is 3.00 bits per heavy atom. The summed E-state index contributed by atoms with van der Waals surface area (Å²) in [6, 6.07) is 0. The number of hydrogen-bond donors (Lipinski definition) is 1. The van der Waals surface area contributed by atoms with Gasteiger partial charge in [0.2, 0.25) is 0 Å². The van der Waals surface area contributed by atoms with Crippen molar-refractivity contribution in [3.8, 4) is 0 Å². The van der Waals surface area contributed by atoms with Crippen molar-refractivity contribution in [2.24, 2.45) is 5.73 Å². The van der Waals surface area contributed by atoms with Crippen molar-refractivity contribution in [2.45, 2.75) is 12.8 Å². The van der Waals surface area contributed by atoms with Crippen LogP contribution in [0.1, 0.15) is 12.8 Å². The quantitative estimate of drug-likeness (QED) is 0.589. The lowest BCUT2D eigenvalue weighted by molar-refractivity contribution is 0.962. The van der Waals surface area contributed by atoms with Crippen molar-refractivity contribution in [1.29, 1.82) is 0 Å². The predicted octanol–water partition coefficient (Wildman–Crippen LogP) is 1.43. The highest BCUT2D eigenvalue weighted by molar-refractivity contribution is 5.26. The van der Waals surface area contributed by atoms with Gasteiger partial charge in [0.25, 0.3) is 0 Å². The summed E-state index contributed by atoms with van der Waals surface area (Å²) < 4.78 is 0. The minimum atomic E-state index is 0.754. The van der Waals surface area contributed by atoms with E-state index in [9.17, 15) is 0 Å². The first-order valence-electron chi connectivity index (χ1n) is 3.32. The molecule has 49 valence electrons. The Kier molecular flexibility index (Phi) is 2.52. The first-order chi connectivity index (χ1) is 4.43. The first-order valence-corrected chi connectivity index (χ1v) is 3.32. The monoisotopic (exact) mass is 122 g/mol. The Labute approximate surface area is 56.2 Å². The normalized spacial score (nSPS) is 17.7. The highest BCUT2D eigenvalue weighted by Crippen LogP contribution is 2.10. The maximum atomic E-state index is 5.37. The lowest BCUT2D eigenvalue weighted by Crippen LogP contribution is -2.00. The van der Waals surface area contributed by atoms with Crippen molar-refractivity contribution in [1.82, 2.24) is 0 Å². The van der Waals surface area contributed by atoms with E-state index in [2.05, 4.69) is 24.6 Å². The van der Waals surface area contributed by atoms with Crippen LogP contribution in [0.5, 0.6) is 0 Å². The van der Waals surface area contributed by atoms with Gasteiger partial charge in [0.05, 0.1) is 0 Å². The van der Waals surface area contributed by atoms with Crippen LogP contribution in [-0.2, 0) is 0 Å². The van der Waals surface area contributed by atoms with E-state index in [0.717, 1.165) is 19.4 Å². The maximum Gasteiger partial charge on any atom is -0.00368 e. The third kappa shape index (κ3) is 2.02. The van der Waals surface area contributed by atoms with Gasteiger partial charge in [0.15, 0.2) is 0 Å². The van der Waals surface area contributed by atoms with E-state index in [1.54, 1.807) is 0 Å². The number of rotatable bonds is 2. The second-order valence-corrected chi connectivity index (χ2v) is 2.15. The SMILES string of the molecule is NCCC1=C[CH]CC=C1. The van der Waals surface area contributed by atoms with Crippen LogP contribution in [0.2, 0.25) is 0 Å². The minimum absolute atomic E-state index is 0.754. The molecule has 0 heterocycles. The molecule has 2 N–H and O–H groups in total. The van der Waals surface area contributed by atoms with Gasteiger partial charge in [-0.1, -0.05) is 23.8 Å². The van der Waals surface area contributed by atoms with Gasteiger partial charge in [-0.15, -0.1) is 0 Å². The van der Waals surface area contributed by atoms with Gasteiger partial charge < -0.3 is 5.73 Å². The third-order valence-electron chi connectivity index (χ3n) is 1.37. The second kappa shape index (κ2) is 3.46. The lowest BCUT2D eigenvalue weighted by Gasteiger charge is -2.02. The molecule has 0 saturated heterocycles. The number of nitrogens with two attached hydrogens (primary N) is 1. The molecule has 0 amide bonds. The molecule has 0 saturated carbocycles. The van der Waals surface area contributed by atoms with E-state index in [-0.39, 0.29) is 0 Å². The van der Waals surface area contributed by atoms with Crippen LogP contribution in [-0.4, -0.2) is 6.54 Å². The second-order valence-electron chi connectivity index (χ2n) is 2.15. The minimum Gasteiger partial charge on any atom is -0.330 e. The number of hydrogen-bond acceptors (Lipinski definition) is 1. The molecule has 0 aromatic carbocycles. The number of allylic oxidation sites excluding steroid dienone is 3. The lowest BCUT2D eigenvalue weighted by atomic mass is 10.0. The van der Waals surface area contributed by atoms with E-state index in [0.29, 0.717) is 0 Å². The molecular formula is C8H12N. The van der Waals surface area contributed by atoms with Gasteiger partial charge in [-0.2, -0.15) is 0 Å². The summed E-state index contributed by atoms with van der Waals surface area (Å²) in [4.78, 5) is 0. The summed E-state index contributed by atoms with van der Waals surface area (Å²) in [5.74, 6) is 0. The molecule has 0 fully saturated rings. The molecule has 0 aromatic rings. The molecule has 1 aliphatic rings. The van der Waals surface area contributed by atoms with Crippen LogP contribution in [0.25, 0.3) is 0 Å². The van der Waals surface area contributed by atoms with E-state index < -0.39 is 0 Å². The first kappa shape index (κ1) is 6.56. The summed E-state index contributed by atoms with van der Waals surface area (Å²) in [5, 5.41) is 0. The molecule has 1 nitrogen and oxygen atoms in total. The summed E-state index contributed by atoms with van der Waals surface area (Å²) in [5.41, 5.74) is 6.72. The molecule has 0 aromatic heterocycles. The Bertz CT molecular complexity index is 134. The van der Waals surface area contributed by atoms with Gasteiger partial charge >= 0.3 is 0 Å². The molecule has 0 bridgehead atoms. The van der Waals surface area contributed by atoms with Crippen molar-refractivity contribution < 1.29 is 0 Å². The fourth-order valence-electron chi connectivity index (χ4n) is 0.906. The fraction of sp³-hybridized carbons (Fsp3) is 0.375. The largest absolute Gasteiger partial charge is 0.330 e. The fourth-order valence-corrected chi connectivity index (χ4v) is 0.906. The van der Waals surface area contributed by atoms with E-state index >= 15 is 0 Å². The molecule has 1 heteroatoms. The van der Waals surface area contributed by atoms with Crippen LogP contribution in [0.3, 0.4) is 0 Å². The van der Waals surface area contributed by atoms with Gasteiger partial charge in [-0.3, -0.25) is 0 Å². The Morgan fingerprint density at radius 2 is 2.44 bits per heavy atom. The Hall–Kier alpha value is -0.560. The zero-order chi connectivity index (χ0) is 6.53. The highest BCUT2D eigenvalue weighted by atomic mass is 14.5. The molecule has 0 atom stereocenters. The van der Waals surface area contributed by atoms with Gasteiger partial charge in [0, 0.05) is 0 Å². The van der Waals surface area contributed by atoms with Gasteiger partial charge in [-0.25, -0.2) is 0 Å². The average Bonchev–Trinajstić information content (AvgIpc) is 1.91. The molecule has 0 unspecified atom stereocenters. The molecule has 1 aliphatic carbocycles. The summed E-state index contributed by atoms with van der Waals surface area (Å²) in [7, 11) is 0.